The third kappa shape index (κ3) is 5.10. The predicted molar refractivity (Wildman–Crippen MR) is 128 cm³/mol. The van der Waals surface area contributed by atoms with Gasteiger partial charge in [-0.3, -0.25) is 19.2 Å². The monoisotopic (exact) mass is 507 g/mol. The number of allylic oxidation sites excluding steroid dienone is 1. The van der Waals surface area contributed by atoms with Crippen LogP contribution < -0.4 is 5.32 Å². The lowest BCUT2D eigenvalue weighted by Crippen LogP contribution is -2.49. The van der Waals surface area contributed by atoms with E-state index >= 15 is 0 Å². The summed E-state index contributed by atoms with van der Waals surface area (Å²) < 4.78 is 27.4. The van der Waals surface area contributed by atoms with Crippen LogP contribution in [0, 0.1) is 11.8 Å². The highest BCUT2D eigenvalue weighted by Crippen LogP contribution is 2.34. The fraction of sp³-hybridized carbons (Fsp3) is 0.696. The number of nitrogens with one attached hydrogen (secondary N) is 1. The molecule has 3 saturated heterocycles. The van der Waals surface area contributed by atoms with Crippen molar-refractivity contribution in [1.82, 2.24) is 19.4 Å². The second-order valence-electron chi connectivity index (χ2n) is 9.96. The lowest BCUT2D eigenvalue weighted by molar-refractivity contribution is -0.144. The molecule has 192 valence electrons. The fourth-order valence-corrected chi connectivity index (χ4v) is 7.09. The van der Waals surface area contributed by atoms with E-state index in [9.17, 15) is 27.6 Å². The molecule has 0 saturated carbocycles. The Balaban J connectivity index is 1.52. The molecule has 1 N–H and O–H groups in total. The van der Waals surface area contributed by atoms with E-state index in [1.54, 1.807) is 4.90 Å². The van der Waals surface area contributed by atoms with Gasteiger partial charge >= 0.3 is 0 Å². The lowest BCUT2D eigenvalue weighted by atomic mass is 9.91. The molecule has 0 radical (unpaired) electrons. The normalized spacial score (nSPS) is 26.3. The molecule has 3 atom stereocenters. The van der Waals surface area contributed by atoms with Crippen molar-refractivity contribution in [3.63, 3.8) is 0 Å². The number of piperazine rings is 1. The number of ketones is 2. The Hall–Kier alpha value is -2.44. The zero-order valence-corrected chi connectivity index (χ0v) is 21.0. The molecule has 2 amide bonds. The summed E-state index contributed by atoms with van der Waals surface area (Å²) in [6.45, 7) is 6.41. The molecule has 4 heterocycles. The van der Waals surface area contributed by atoms with E-state index in [4.69, 9.17) is 0 Å². The van der Waals surface area contributed by atoms with Crippen LogP contribution in [-0.2, 0) is 29.2 Å². The van der Waals surface area contributed by atoms with Crippen LogP contribution in [0.4, 0.5) is 0 Å². The summed E-state index contributed by atoms with van der Waals surface area (Å²) in [4.78, 5) is 58.7. The van der Waals surface area contributed by atoms with Crippen molar-refractivity contribution in [2.75, 3.05) is 39.3 Å². The fourth-order valence-electron chi connectivity index (χ4n) is 5.43. The van der Waals surface area contributed by atoms with Gasteiger partial charge in [0, 0.05) is 57.7 Å². The molecule has 4 aliphatic heterocycles. The highest BCUT2D eigenvalue weighted by Gasteiger charge is 2.55. The largest absolute Gasteiger partial charge is 0.340 e. The predicted octanol–water partition coefficient (Wildman–Crippen LogP) is -0.460. The molecular formula is C23H33N5O6S. The number of likely N-dealkylation sites (tertiary alicyclic amines) is 1. The van der Waals surface area contributed by atoms with Crippen molar-refractivity contribution >= 4 is 38.4 Å². The molecule has 11 nitrogen and oxygen atoms in total. The van der Waals surface area contributed by atoms with E-state index in [1.165, 1.54) is 17.2 Å². The van der Waals surface area contributed by atoms with Crippen molar-refractivity contribution in [3.8, 4) is 0 Å². The molecule has 0 spiro atoms. The number of fused-ring (bicyclic) bond motifs is 1. The number of amides is 2. The average molecular weight is 508 g/mol. The van der Waals surface area contributed by atoms with Gasteiger partial charge in [0.1, 0.15) is 6.04 Å². The van der Waals surface area contributed by atoms with Crippen molar-refractivity contribution in [2.24, 2.45) is 16.8 Å². The molecule has 3 unspecified atom stereocenters. The number of carbonyl (C=O) groups is 4. The molecule has 0 bridgehead atoms. The molecule has 0 aliphatic carbocycles. The molecule has 12 heteroatoms. The standard InChI is InChI=1S/C23H33N5O6S/c1-15(2)12-16(13-20(31)26-10-7-24-8-11-26)23(32)27-9-5-17-21(27)19(30)14-28(17)35(33,34)22-18(29)4-3-6-25-22/h3,6,15-17,21,24H,4-5,7-14H2,1-2H3. The van der Waals surface area contributed by atoms with Gasteiger partial charge in [-0.25, -0.2) is 13.4 Å². The van der Waals surface area contributed by atoms with Crippen LogP contribution in [-0.4, -0.2) is 102 Å². The summed E-state index contributed by atoms with van der Waals surface area (Å²) in [5.74, 6) is -1.76. The van der Waals surface area contributed by atoms with E-state index in [0.29, 0.717) is 39.0 Å². The molecule has 0 aromatic heterocycles. The molecule has 35 heavy (non-hydrogen) atoms. The number of sulfonamides is 1. The van der Waals surface area contributed by atoms with Gasteiger partial charge in [-0.05, 0) is 18.8 Å². The summed E-state index contributed by atoms with van der Waals surface area (Å²) in [7, 11) is -4.26. The Morgan fingerprint density at radius 1 is 1.17 bits per heavy atom. The molecule has 3 fully saturated rings. The van der Waals surface area contributed by atoms with E-state index < -0.39 is 45.4 Å². The molecule has 0 aromatic carbocycles. The van der Waals surface area contributed by atoms with Crippen molar-refractivity contribution in [2.45, 2.75) is 51.6 Å². The summed E-state index contributed by atoms with van der Waals surface area (Å²) in [5.41, 5.74) is 0. The Labute approximate surface area is 205 Å². The average Bonchev–Trinajstić information content (AvgIpc) is 3.40. The smallest absolute Gasteiger partial charge is 0.264 e. The Bertz CT molecular complexity index is 1060. The first-order valence-corrected chi connectivity index (χ1v) is 13.6. The molecule has 0 aromatic rings. The van der Waals surface area contributed by atoms with Crippen molar-refractivity contribution < 1.29 is 27.6 Å². The van der Waals surface area contributed by atoms with Gasteiger partial charge in [0.2, 0.25) is 16.9 Å². The summed E-state index contributed by atoms with van der Waals surface area (Å²) >= 11 is 0. The van der Waals surface area contributed by atoms with Gasteiger partial charge in [-0.1, -0.05) is 19.9 Å². The molecule has 4 rings (SSSR count). The Morgan fingerprint density at radius 3 is 2.54 bits per heavy atom. The van der Waals surface area contributed by atoms with E-state index in [-0.39, 0.29) is 42.9 Å². The number of rotatable bonds is 6. The minimum atomic E-state index is -4.26. The van der Waals surface area contributed by atoms with E-state index in [0.717, 1.165) is 4.31 Å². The maximum atomic E-state index is 13.6. The van der Waals surface area contributed by atoms with Crippen LogP contribution in [0.15, 0.2) is 17.3 Å². The highest BCUT2D eigenvalue weighted by atomic mass is 32.2. The number of hydrogen-bond donors (Lipinski definition) is 1. The van der Waals surface area contributed by atoms with Gasteiger partial charge in [-0.2, -0.15) is 4.31 Å². The van der Waals surface area contributed by atoms with E-state index in [2.05, 4.69) is 10.3 Å². The third-order valence-electron chi connectivity index (χ3n) is 7.05. The van der Waals surface area contributed by atoms with Crippen LogP contribution in [0.3, 0.4) is 0 Å². The Kier molecular flexibility index (Phi) is 7.53. The maximum Gasteiger partial charge on any atom is 0.264 e. The van der Waals surface area contributed by atoms with Gasteiger partial charge in [0.25, 0.3) is 10.0 Å². The van der Waals surface area contributed by atoms with Gasteiger partial charge in [-0.15, -0.1) is 0 Å². The van der Waals surface area contributed by atoms with Crippen LogP contribution in [0.2, 0.25) is 0 Å². The second-order valence-corrected chi connectivity index (χ2v) is 11.8. The van der Waals surface area contributed by atoms with Gasteiger partial charge in [0.05, 0.1) is 12.6 Å². The van der Waals surface area contributed by atoms with Crippen LogP contribution in [0.5, 0.6) is 0 Å². The first-order valence-electron chi connectivity index (χ1n) is 12.2. The summed E-state index contributed by atoms with van der Waals surface area (Å²) in [6.07, 6.45) is 3.55. The zero-order valence-electron chi connectivity index (χ0n) is 20.2. The van der Waals surface area contributed by atoms with Crippen LogP contribution >= 0.6 is 0 Å². The topological polar surface area (TPSA) is 137 Å². The Morgan fingerprint density at radius 2 is 1.89 bits per heavy atom. The van der Waals surface area contributed by atoms with Crippen molar-refractivity contribution in [1.29, 1.82) is 0 Å². The minimum Gasteiger partial charge on any atom is -0.340 e. The lowest BCUT2D eigenvalue weighted by Gasteiger charge is -2.31. The number of Topliss-reactive ketones (excluding diaryl/α,β-unsaturated/α-hetero) is 2. The maximum absolute atomic E-state index is 13.6. The first kappa shape index (κ1) is 25.6. The minimum absolute atomic E-state index is 0.0590. The highest BCUT2D eigenvalue weighted by molar-refractivity contribution is 8.06. The van der Waals surface area contributed by atoms with Gasteiger partial charge in [0.15, 0.2) is 11.6 Å². The number of carbonyl (C=O) groups excluding carboxylic acids is 4. The second kappa shape index (κ2) is 10.3. The van der Waals surface area contributed by atoms with Crippen molar-refractivity contribution in [3.05, 3.63) is 12.3 Å². The zero-order chi connectivity index (χ0) is 25.3. The van der Waals surface area contributed by atoms with Crippen LogP contribution in [0.1, 0.15) is 39.5 Å². The molecule has 4 aliphatic rings. The summed E-state index contributed by atoms with van der Waals surface area (Å²) in [6, 6.07) is -1.64. The number of aliphatic imine (C=N–C) groups is 1. The third-order valence-corrected chi connectivity index (χ3v) is 8.89. The van der Waals surface area contributed by atoms with Gasteiger partial charge < -0.3 is 15.1 Å². The summed E-state index contributed by atoms with van der Waals surface area (Å²) in [5, 5.41) is 2.64. The first-order chi connectivity index (χ1) is 16.6. The van der Waals surface area contributed by atoms with E-state index in [1.807, 2.05) is 13.8 Å². The molecular weight excluding hydrogens is 474 g/mol. The number of nitrogens with zero attached hydrogens (tertiary/aromatic N) is 4. The number of hydrogen-bond acceptors (Lipinski definition) is 8. The SMILES string of the molecule is CC(C)CC(CC(=O)N1CCNCC1)C(=O)N1CCC2C1C(=O)CN2S(=O)(=O)C1=NC=CCC1=O. The van der Waals surface area contributed by atoms with Crippen LogP contribution in [0.25, 0.3) is 0 Å². The quantitative estimate of drug-likeness (QED) is 0.514.